The predicted molar refractivity (Wildman–Crippen MR) is 262 cm³/mol. The Kier molecular flexibility index (Phi) is 7.07. The van der Waals surface area contributed by atoms with Crippen molar-refractivity contribution in [3.05, 3.63) is 253 Å². The van der Waals surface area contributed by atoms with Gasteiger partial charge in [-0.25, -0.2) is 0 Å². The Balaban J connectivity index is 0.995. The number of hydrogen-bond donors (Lipinski definition) is 0. The summed E-state index contributed by atoms with van der Waals surface area (Å²) >= 11 is 0. The number of benzene rings is 10. The molecule has 10 aromatic carbocycles. The van der Waals surface area contributed by atoms with Gasteiger partial charge in [-0.15, -0.1) is 0 Å². The minimum atomic E-state index is -0.465. The zero-order valence-electron chi connectivity index (χ0n) is 34.3. The lowest BCUT2D eigenvalue weighted by molar-refractivity contribution is 0.793. The first kappa shape index (κ1) is 34.5. The molecule has 0 saturated heterocycles. The third-order valence-corrected chi connectivity index (χ3v) is 14.1. The van der Waals surface area contributed by atoms with E-state index in [1.54, 1.807) is 0 Å². The molecule has 2 aromatic heterocycles. The molecule has 2 aliphatic rings. The van der Waals surface area contributed by atoms with Gasteiger partial charge in [0.1, 0.15) is 0 Å². The van der Waals surface area contributed by atoms with Gasteiger partial charge in [-0.2, -0.15) is 0 Å². The van der Waals surface area contributed by atoms with Crippen LogP contribution in [-0.2, 0) is 5.41 Å². The molecule has 1 atom stereocenters. The second-order valence-electron chi connectivity index (χ2n) is 17.1. The topological polar surface area (TPSA) is 9.86 Å². The van der Waals surface area contributed by atoms with Crippen LogP contribution in [0.2, 0.25) is 0 Å². The Morgan fingerprint density at radius 3 is 1.40 bits per heavy atom. The molecule has 2 nitrogen and oxygen atoms in total. The first-order valence-corrected chi connectivity index (χ1v) is 21.9. The summed E-state index contributed by atoms with van der Waals surface area (Å²) < 4.78 is 4.92. The van der Waals surface area contributed by atoms with Crippen molar-refractivity contribution in [2.75, 3.05) is 0 Å². The van der Waals surface area contributed by atoms with Crippen molar-refractivity contribution in [3.8, 4) is 55.9 Å². The SMILES string of the molecule is c1ccc(-c2cccc3c2-c2ccccc2C32c3ccccc3-c3c(-n4c5ccccc5c5cc(-c6ccc7c(c6)c6ccccc6n7-c6ccccc6)ccc54)cccc32)cc1. The highest BCUT2D eigenvalue weighted by molar-refractivity contribution is 6.13. The second kappa shape index (κ2) is 12.9. The van der Waals surface area contributed by atoms with Crippen molar-refractivity contribution in [2.24, 2.45) is 0 Å². The summed E-state index contributed by atoms with van der Waals surface area (Å²) in [6, 6.07) is 85.7. The zero-order chi connectivity index (χ0) is 41.2. The third kappa shape index (κ3) is 4.57. The lowest BCUT2D eigenvalue weighted by Crippen LogP contribution is -2.25. The maximum atomic E-state index is 2.53. The molecule has 0 fully saturated rings. The van der Waals surface area contributed by atoms with Crippen molar-refractivity contribution in [1.82, 2.24) is 9.13 Å². The van der Waals surface area contributed by atoms with Gasteiger partial charge in [-0.05, 0) is 116 Å². The average molecular weight is 799 g/mol. The molecule has 0 aliphatic heterocycles. The lowest BCUT2D eigenvalue weighted by Gasteiger charge is -2.30. The number of hydrogen-bond acceptors (Lipinski definition) is 0. The number of fused-ring (bicyclic) bond motifs is 16. The molecule has 0 radical (unpaired) electrons. The molecule has 0 bridgehead atoms. The number of aromatic nitrogens is 2. The van der Waals surface area contributed by atoms with Gasteiger partial charge < -0.3 is 9.13 Å². The van der Waals surface area contributed by atoms with Gasteiger partial charge in [0.25, 0.3) is 0 Å². The van der Waals surface area contributed by atoms with E-state index in [1.165, 1.54) is 122 Å². The maximum Gasteiger partial charge on any atom is 0.0726 e. The Labute approximate surface area is 365 Å². The van der Waals surface area contributed by atoms with Crippen molar-refractivity contribution in [2.45, 2.75) is 5.41 Å². The van der Waals surface area contributed by atoms with Crippen molar-refractivity contribution in [3.63, 3.8) is 0 Å². The molecule has 1 spiro atoms. The monoisotopic (exact) mass is 798 g/mol. The van der Waals surface area contributed by atoms with Gasteiger partial charge in [-0.3, -0.25) is 0 Å². The summed E-state index contributed by atoms with van der Waals surface area (Å²) in [5.41, 5.74) is 22.3. The Bertz CT molecular complexity index is 3850. The van der Waals surface area contributed by atoms with E-state index in [4.69, 9.17) is 0 Å². The summed E-state index contributed by atoms with van der Waals surface area (Å²) in [7, 11) is 0. The minimum absolute atomic E-state index is 0.465. The van der Waals surface area contributed by atoms with E-state index in [2.05, 4.69) is 240 Å². The zero-order valence-corrected chi connectivity index (χ0v) is 34.3. The van der Waals surface area contributed by atoms with Crippen LogP contribution in [0.4, 0.5) is 0 Å². The molecule has 12 aromatic rings. The van der Waals surface area contributed by atoms with E-state index in [-0.39, 0.29) is 0 Å². The molecule has 2 heteroatoms. The van der Waals surface area contributed by atoms with E-state index in [9.17, 15) is 0 Å². The van der Waals surface area contributed by atoms with Crippen LogP contribution in [0.25, 0.3) is 99.5 Å². The Morgan fingerprint density at radius 1 is 0.270 bits per heavy atom. The number of para-hydroxylation sites is 3. The van der Waals surface area contributed by atoms with Crippen LogP contribution >= 0.6 is 0 Å². The summed E-state index contributed by atoms with van der Waals surface area (Å²) in [4.78, 5) is 0. The third-order valence-electron chi connectivity index (χ3n) is 14.1. The van der Waals surface area contributed by atoms with Gasteiger partial charge in [0.05, 0.1) is 33.2 Å². The molecular formula is C61H38N2. The average Bonchev–Trinajstić information content (AvgIpc) is 4.06. The molecule has 0 saturated carbocycles. The molecule has 2 aliphatic carbocycles. The molecule has 0 N–H and O–H groups in total. The van der Waals surface area contributed by atoms with E-state index < -0.39 is 5.41 Å². The molecule has 2 heterocycles. The Morgan fingerprint density at radius 2 is 0.730 bits per heavy atom. The van der Waals surface area contributed by atoms with Crippen LogP contribution < -0.4 is 0 Å². The highest BCUT2D eigenvalue weighted by atomic mass is 15.0. The van der Waals surface area contributed by atoms with E-state index in [0.29, 0.717) is 0 Å². The van der Waals surface area contributed by atoms with Gasteiger partial charge in [0.2, 0.25) is 0 Å². The smallest absolute Gasteiger partial charge is 0.0726 e. The van der Waals surface area contributed by atoms with E-state index in [1.807, 2.05) is 0 Å². The first-order valence-electron chi connectivity index (χ1n) is 21.9. The standard InChI is InChI=1S/C61H38N2/c1-3-17-39(18-4-1)43-25-15-28-52-59(43)46-23-7-11-26-50(46)61(52)51-27-12-8-24-47(51)60-53(61)29-16-32-58(60)63-55-31-14-10-22-45(55)49-38-41(34-36-57(49)63)40-33-35-56-48(37-40)44-21-9-13-30-54(44)62(56)42-19-5-2-6-20-42/h1-38H. The summed E-state index contributed by atoms with van der Waals surface area (Å²) in [5, 5.41) is 5.01. The van der Waals surface area contributed by atoms with Crippen LogP contribution in [-0.4, -0.2) is 9.13 Å². The molecule has 0 amide bonds. The molecular weight excluding hydrogens is 761 g/mol. The second-order valence-corrected chi connectivity index (χ2v) is 17.1. The lowest BCUT2D eigenvalue weighted by atomic mass is 9.70. The van der Waals surface area contributed by atoms with E-state index >= 15 is 0 Å². The summed E-state index contributed by atoms with van der Waals surface area (Å²) in [5.74, 6) is 0. The minimum Gasteiger partial charge on any atom is -0.309 e. The summed E-state index contributed by atoms with van der Waals surface area (Å²) in [6.45, 7) is 0. The molecule has 14 rings (SSSR count). The Hall–Kier alpha value is -8.20. The van der Waals surface area contributed by atoms with Gasteiger partial charge in [0.15, 0.2) is 0 Å². The fourth-order valence-corrected chi connectivity index (χ4v) is 11.7. The predicted octanol–water partition coefficient (Wildman–Crippen LogP) is 15.6. The van der Waals surface area contributed by atoms with Crippen LogP contribution in [0.5, 0.6) is 0 Å². The highest BCUT2D eigenvalue weighted by Crippen LogP contribution is 2.65. The fourth-order valence-electron chi connectivity index (χ4n) is 11.7. The number of rotatable bonds is 4. The molecule has 292 valence electrons. The van der Waals surface area contributed by atoms with Crippen LogP contribution in [0.3, 0.4) is 0 Å². The van der Waals surface area contributed by atoms with Crippen molar-refractivity contribution >= 4 is 43.6 Å². The largest absolute Gasteiger partial charge is 0.309 e. The first-order chi connectivity index (χ1) is 31.3. The van der Waals surface area contributed by atoms with Crippen LogP contribution in [0, 0.1) is 0 Å². The van der Waals surface area contributed by atoms with Crippen molar-refractivity contribution < 1.29 is 0 Å². The number of nitrogens with zero attached hydrogens (tertiary/aromatic N) is 2. The normalized spacial score (nSPS) is 14.7. The molecule has 63 heavy (non-hydrogen) atoms. The quantitative estimate of drug-likeness (QED) is 0.168. The van der Waals surface area contributed by atoms with Crippen molar-refractivity contribution in [1.29, 1.82) is 0 Å². The van der Waals surface area contributed by atoms with Gasteiger partial charge in [-0.1, -0.05) is 176 Å². The van der Waals surface area contributed by atoms with Gasteiger partial charge >= 0.3 is 0 Å². The summed E-state index contributed by atoms with van der Waals surface area (Å²) in [6.07, 6.45) is 0. The molecule has 1 unspecified atom stereocenters. The highest BCUT2D eigenvalue weighted by Gasteiger charge is 2.52. The van der Waals surface area contributed by atoms with Crippen LogP contribution in [0.1, 0.15) is 22.3 Å². The van der Waals surface area contributed by atoms with Gasteiger partial charge in [0, 0.05) is 32.8 Å². The maximum absolute atomic E-state index is 2.53. The van der Waals surface area contributed by atoms with E-state index in [0.717, 1.165) is 0 Å². The van der Waals surface area contributed by atoms with Crippen LogP contribution in [0.15, 0.2) is 231 Å². The fraction of sp³-hybridized carbons (Fsp3) is 0.0164.